The van der Waals surface area contributed by atoms with E-state index in [2.05, 4.69) is 9.97 Å². The van der Waals surface area contributed by atoms with Gasteiger partial charge in [0.05, 0.1) is 11.8 Å². The first kappa shape index (κ1) is 8.21. The number of halogens is 1. The van der Waals surface area contributed by atoms with Crippen molar-refractivity contribution in [3.63, 3.8) is 0 Å². The van der Waals surface area contributed by atoms with E-state index < -0.39 is 12.9 Å². The van der Waals surface area contributed by atoms with Crippen molar-refractivity contribution in [2.75, 3.05) is 0 Å². The third-order valence-electron chi connectivity index (χ3n) is 1.84. The highest BCUT2D eigenvalue weighted by molar-refractivity contribution is 6.59. The van der Waals surface area contributed by atoms with Crippen LogP contribution in [0, 0.1) is 5.82 Å². The summed E-state index contributed by atoms with van der Waals surface area (Å²) in [5, 5.41) is 17.6. The van der Waals surface area contributed by atoms with Gasteiger partial charge < -0.3 is 15.0 Å². The normalized spacial score (nSPS) is 10.7. The Labute approximate surface area is 73.2 Å². The van der Waals surface area contributed by atoms with Gasteiger partial charge in [0, 0.05) is 5.46 Å². The molecule has 0 fully saturated rings. The average molecular weight is 180 g/mol. The molecule has 3 N–H and O–H groups in total. The van der Waals surface area contributed by atoms with Crippen molar-refractivity contribution in [3.05, 3.63) is 24.3 Å². The van der Waals surface area contributed by atoms with Gasteiger partial charge >= 0.3 is 7.12 Å². The Kier molecular flexibility index (Phi) is 1.79. The topological polar surface area (TPSA) is 69.1 Å². The standard InChI is InChI=1S/C7H6BFN2O2/c9-6-4(8(12)13)1-2-5-7(6)11-3-10-5/h1-3,12-13H,(H,10,11). The molecule has 2 aromatic rings. The van der Waals surface area contributed by atoms with Crippen molar-refractivity contribution in [1.82, 2.24) is 9.97 Å². The van der Waals surface area contributed by atoms with E-state index in [0.717, 1.165) is 0 Å². The van der Waals surface area contributed by atoms with E-state index in [1.807, 2.05) is 0 Å². The molecule has 0 saturated heterocycles. The van der Waals surface area contributed by atoms with E-state index in [1.165, 1.54) is 12.4 Å². The summed E-state index contributed by atoms with van der Waals surface area (Å²) in [6, 6.07) is 2.85. The predicted molar refractivity (Wildman–Crippen MR) is 45.9 cm³/mol. The molecule has 4 nitrogen and oxygen atoms in total. The summed E-state index contributed by atoms with van der Waals surface area (Å²) >= 11 is 0. The lowest BCUT2D eigenvalue weighted by molar-refractivity contribution is 0.423. The highest BCUT2D eigenvalue weighted by atomic mass is 19.1. The second-order valence-corrected chi connectivity index (χ2v) is 2.64. The third-order valence-corrected chi connectivity index (χ3v) is 1.84. The highest BCUT2D eigenvalue weighted by Gasteiger charge is 2.19. The number of fused-ring (bicyclic) bond motifs is 1. The van der Waals surface area contributed by atoms with E-state index in [4.69, 9.17) is 10.0 Å². The van der Waals surface area contributed by atoms with Crippen LogP contribution >= 0.6 is 0 Å². The van der Waals surface area contributed by atoms with Crippen molar-refractivity contribution in [3.8, 4) is 0 Å². The predicted octanol–water partition coefficient (Wildman–Crippen LogP) is -0.618. The lowest BCUT2D eigenvalue weighted by Crippen LogP contribution is -2.32. The zero-order valence-corrected chi connectivity index (χ0v) is 6.53. The van der Waals surface area contributed by atoms with E-state index in [-0.39, 0.29) is 11.0 Å². The molecule has 0 radical (unpaired) electrons. The number of aromatic nitrogens is 2. The number of nitrogens with one attached hydrogen (secondary N) is 1. The summed E-state index contributed by atoms with van der Waals surface area (Å²) in [7, 11) is -1.80. The Morgan fingerprint density at radius 1 is 1.38 bits per heavy atom. The van der Waals surface area contributed by atoms with Crippen molar-refractivity contribution in [2.45, 2.75) is 0 Å². The molecular weight excluding hydrogens is 174 g/mol. The molecule has 1 heterocycles. The lowest BCUT2D eigenvalue weighted by Gasteiger charge is -2.00. The smallest absolute Gasteiger partial charge is 0.423 e. The molecule has 6 heteroatoms. The van der Waals surface area contributed by atoms with Gasteiger partial charge in [-0.05, 0) is 6.07 Å². The average Bonchev–Trinajstić information content (AvgIpc) is 2.52. The molecular formula is C7H6BFN2O2. The van der Waals surface area contributed by atoms with Crippen LogP contribution in [0.25, 0.3) is 11.0 Å². The molecule has 66 valence electrons. The van der Waals surface area contributed by atoms with Crippen LogP contribution < -0.4 is 5.46 Å². The first-order valence-electron chi connectivity index (χ1n) is 3.68. The van der Waals surface area contributed by atoms with E-state index in [1.54, 1.807) is 6.07 Å². The van der Waals surface area contributed by atoms with Gasteiger partial charge in [0.1, 0.15) is 5.52 Å². The molecule has 0 atom stereocenters. The van der Waals surface area contributed by atoms with Crippen molar-refractivity contribution < 1.29 is 14.4 Å². The summed E-state index contributed by atoms with van der Waals surface area (Å²) in [6.45, 7) is 0. The summed E-state index contributed by atoms with van der Waals surface area (Å²) in [6.07, 6.45) is 1.35. The van der Waals surface area contributed by atoms with Crippen molar-refractivity contribution in [1.29, 1.82) is 0 Å². The fourth-order valence-electron chi connectivity index (χ4n) is 1.19. The molecule has 0 saturated carbocycles. The van der Waals surface area contributed by atoms with Crippen molar-refractivity contribution in [2.24, 2.45) is 0 Å². The summed E-state index contributed by atoms with van der Waals surface area (Å²) in [4.78, 5) is 6.42. The molecule has 0 amide bonds. The fraction of sp³-hybridized carbons (Fsp3) is 0. The summed E-state index contributed by atoms with van der Waals surface area (Å²) in [5.74, 6) is -0.700. The fourth-order valence-corrected chi connectivity index (χ4v) is 1.19. The van der Waals surface area contributed by atoms with Gasteiger partial charge in [-0.15, -0.1) is 0 Å². The van der Waals surface area contributed by atoms with Crippen LogP contribution in [0.15, 0.2) is 18.5 Å². The largest absolute Gasteiger partial charge is 0.491 e. The number of nitrogens with zero attached hydrogens (tertiary/aromatic N) is 1. The van der Waals surface area contributed by atoms with Crippen LogP contribution in [0.1, 0.15) is 0 Å². The number of hydrogen-bond acceptors (Lipinski definition) is 3. The minimum Gasteiger partial charge on any atom is -0.423 e. The van der Waals surface area contributed by atoms with Crippen molar-refractivity contribution >= 4 is 23.6 Å². The minimum atomic E-state index is -1.80. The molecule has 0 aliphatic heterocycles. The molecule has 2 rings (SSSR count). The van der Waals surface area contributed by atoms with Gasteiger partial charge in [-0.2, -0.15) is 0 Å². The Morgan fingerprint density at radius 3 is 2.85 bits per heavy atom. The molecule has 13 heavy (non-hydrogen) atoms. The van der Waals surface area contributed by atoms with Crippen LogP contribution in [-0.4, -0.2) is 27.1 Å². The Hall–Kier alpha value is -1.40. The first-order valence-corrected chi connectivity index (χ1v) is 3.68. The lowest BCUT2D eigenvalue weighted by atomic mass is 9.80. The maximum atomic E-state index is 13.4. The van der Waals surface area contributed by atoms with E-state index in [0.29, 0.717) is 5.52 Å². The van der Waals surface area contributed by atoms with Crippen LogP contribution in [0.5, 0.6) is 0 Å². The molecule has 0 aliphatic rings. The minimum absolute atomic E-state index is 0.116. The number of aromatic amines is 1. The third kappa shape index (κ3) is 1.20. The van der Waals surface area contributed by atoms with Gasteiger partial charge in [-0.1, -0.05) is 6.07 Å². The first-order chi connectivity index (χ1) is 6.20. The van der Waals surface area contributed by atoms with Gasteiger partial charge in [0.15, 0.2) is 5.82 Å². The Morgan fingerprint density at radius 2 is 2.15 bits per heavy atom. The van der Waals surface area contributed by atoms with Crippen LogP contribution in [-0.2, 0) is 0 Å². The van der Waals surface area contributed by atoms with Crippen LogP contribution in [0.2, 0.25) is 0 Å². The maximum Gasteiger partial charge on any atom is 0.491 e. The zero-order valence-electron chi connectivity index (χ0n) is 6.53. The monoisotopic (exact) mass is 180 g/mol. The Balaban J connectivity index is 2.73. The van der Waals surface area contributed by atoms with Crippen LogP contribution in [0.4, 0.5) is 4.39 Å². The second-order valence-electron chi connectivity index (χ2n) is 2.64. The quantitative estimate of drug-likeness (QED) is 0.512. The molecule has 0 unspecified atom stereocenters. The molecule has 0 aliphatic carbocycles. The number of benzene rings is 1. The molecule has 0 spiro atoms. The van der Waals surface area contributed by atoms with Gasteiger partial charge in [-0.3, -0.25) is 0 Å². The maximum absolute atomic E-state index is 13.4. The molecule has 0 bridgehead atoms. The molecule has 1 aromatic carbocycles. The Bertz CT molecular complexity index is 443. The van der Waals surface area contributed by atoms with E-state index >= 15 is 0 Å². The number of H-pyrrole nitrogens is 1. The SMILES string of the molecule is OB(O)c1ccc2[nH]cnc2c1F. The number of rotatable bonds is 1. The van der Waals surface area contributed by atoms with E-state index in [9.17, 15) is 4.39 Å². The second kappa shape index (κ2) is 2.83. The van der Waals surface area contributed by atoms with Gasteiger partial charge in [0.25, 0.3) is 0 Å². The summed E-state index contributed by atoms with van der Waals surface area (Å²) in [5.41, 5.74) is 0.479. The number of hydrogen-bond donors (Lipinski definition) is 3. The number of imidazole rings is 1. The van der Waals surface area contributed by atoms with Crippen LogP contribution in [0.3, 0.4) is 0 Å². The summed E-state index contributed by atoms with van der Waals surface area (Å²) < 4.78 is 13.4. The molecule has 1 aromatic heterocycles. The highest BCUT2D eigenvalue weighted by Crippen LogP contribution is 2.10. The van der Waals surface area contributed by atoms with Gasteiger partial charge in [-0.25, -0.2) is 9.37 Å². The van der Waals surface area contributed by atoms with Gasteiger partial charge in [0.2, 0.25) is 0 Å². The zero-order chi connectivity index (χ0) is 9.42.